The number of hydrogen-bond donors (Lipinski definition) is 0. The molecular weight excluding hydrogens is 436 g/mol. The Kier molecular flexibility index (Phi) is 5.56. The number of methoxy groups -OCH3 is 1. The molecule has 0 aliphatic rings. The van der Waals surface area contributed by atoms with Crippen molar-refractivity contribution in [1.29, 1.82) is 0 Å². The van der Waals surface area contributed by atoms with E-state index in [0.717, 1.165) is 15.0 Å². The largest absolute Gasteiger partial charge is 0.497 e. The monoisotopic (exact) mass is 454 g/mol. The normalized spacial score (nSPS) is 11.1. The number of aromatic nitrogens is 2. The third-order valence-corrected chi connectivity index (χ3v) is 6.70. The van der Waals surface area contributed by atoms with Crippen molar-refractivity contribution in [2.24, 2.45) is 0 Å². The number of ether oxygens (including phenoxy) is 1. The minimum absolute atomic E-state index is 0.193. The van der Waals surface area contributed by atoms with E-state index in [1.165, 1.54) is 15.9 Å². The molecule has 0 saturated carbocycles. The van der Waals surface area contributed by atoms with E-state index in [4.69, 9.17) is 16.3 Å². The van der Waals surface area contributed by atoms with Gasteiger partial charge in [-0.15, -0.1) is 11.3 Å². The average Bonchev–Trinajstić information content (AvgIpc) is 3.05. The van der Waals surface area contributed by atoms with E-state index in [9.17, 15) is 14.4 Å². The summed E-state index contributed by atoms with van der Waals surface area (Å²) in [6, 6.07) is 13.2. The van der Waals surface area contributed by atoms with E-state index >= 15 is 0 Å². The average molecular weight is 455 g/mol. The van der Waals surface area contributed by atoms with Crippen LogP contribution in [-0.4, -0.2) is 22.0 Å². The van der Waals surface area contributed by atoms with Crippen molar-refractivity contribution in [2.45, 2.75) is 20.4 Å². The maximum absolute atomic E-state index is 13.4. The van der Waals surface area contributed by atoms with Gasteiger partial charge in [-0.2, -0.15) is 0 Å². The molecule has 0 saturated heterocycles. The fraction of sp³-hybridized carbons (Fsp3) is 0.174. The highest BCUT2D eigenvalue weighted by Gasteiger charge is 2.21. The predicted octanol–water partition coefficient (Wildman–Crippen LogP) is 4.38. The molecule has 0 radical (unpaired) electrons. The summed E-state index contributed by atoms with van der Waals surface area (Å²) in [4.78, 5) is 41.1. The standard InChI is InChI=1S/C23H19ClN2O4S/c1-13-14(2)31-22-20(13)21(28)26(17-6-4-5-16(24)11-17)23(29)25(22)12-19(27)15-7-9-18(30-3)10-8-15/h4-11H,12H2,1-3H3. The van der Waals surface area contributed by atoms with Gasteiger partial charge >= 0.3 is 5.69 Å². The second-order valence-electron chi connectivity index (χ2n) is 7.10. The van der Waals surface area contributed by atoms with E-state index in [-0.39, 0.29) is 12.3 Å². The third-order valence-electron chi connectivity index (χ3n) is 5.23. The first-order valence-corrected chi connectivity index (χ1v) is 10.7. The van der Waals surface area contributed by atoms with Gasteiger partial charge in [-0.25, -0.2) is 9.36 Å². The number of hydrogen-bond acceptors (Lipinski definition) is 5. The van der Waals surface area contributed by atoms with Gasteiger partial charge in [0, 0.05) is 15.5 Å². The van der Waals surface area contributed by atoms with Crippen LogP contribution in [-0.2, 0) is 6.54 Å². The SMILES string of the molecule is COc1ccc(C(=O)Cn2c(=O)n(-c3cccc(Cl)c3)c(=O)c3c(C)c(C)sc32)cc1. The molecule has 2 aromatic carbocycles. The van der Waals surface area contributed by atoms with Crippen LogP contribution in [0.3, 0.4) is 0 Å². The smallest absolute Gasteiger partial charge is 0.337 e. The number of fused-ring (bicyclic) bond motifs is 1. The summed E-state index contributed by atoms with van der Waals surface area (Å²) in [5.74, 6) is 0.390. The van der Waals surface area contributed by atoms with Gasteiger partial charge in [0.05, 0.1) is 24.7 Å². The maximum atomic E-state index is 13.4. The molecule has 4 rings (SSSR count). The van der Waals surface area contributed by atoms with Gasteiger partial charge < -0.3 is 4.74 Å². The molecule has 0 N–H and O–H groups in total. The zero-order valence-electron chi connectivity index (χ0n) is 17.1. The molecule has 2 heterocycles. The third kappa shape index (κ3) is 3.71. The van der Waals surface area contributed by atoms with Crippen molar-refractivity contribution >= 4 is 38.9 Å². The first-order chi connectivity index (χ1) is 14.8. The number of Topliss-reactive ketones (excluding diaryl/α,β-unsaturated/α-hetero) is 1. The van der Waals surface area contributed by atoms with Crippen LogP contribution < -0.4 is 16.0 Å². The summed E-state index contributed by atoms with van der Waals surface area (Å²) in [5.41, 5.74) is 0.608. The lowest BCUT2D eigenvalue weighted by Gasteiger charge is -2.12. The van der Waals surface area contributed by atoms with Crippen LogP contribution in [0.5, 0.6) is 5.75 Å². The van der Waals surface area contributed by atoms with Crippen molar-refractivity contribution in [3.05, 3.63) is 90.4 Å². The highest BCUT2D eigenvalue weighted by Crippen LogP contribution is 2.27. The molecule has 6 nitrogen and oxygen atoms in total. The number of carbonyl (C=O) groups is 1. The Hall–Kier alpha value is -3.16. The summed E-state index contributed by atoms with van der Waals surface area (Å²) in [6.07, 6.45) is 0. The highest BCUT2D eigenvalue weighted by atomic mass is 35.5. The van der Waals surface area contributed by atoms with Gasteiger partial charge in [0.25, 0.3) is 5.56 Å². The van der Waals surface area contributed by atoms with Gasteiger partial charge in [0.1, 0.15) is 10.6 Å². The van der Waals surface area contributed by atoms with Gasteiger partial charge in [-0.1, -0.05) is 17.7 Å². The molecule has 4 aromatic rings. The predicted molar refractivity (Wildman–Crippen MR) is 123 cm³/mol. The van der Waals surface area contributed by atoms with Crippen LogP contribution in [0, 0.1) is 13.8 Å². The first-order valence-electron chi connectivity index (χ1n) is 9.50. The lowest BCUT2D eigenvalue weighted by atomic mass is 10.1. The van der Waals surface area contributed by atoms with Crippen LogP contribution in [0.15, 0.2) is 58.1 Å². The van der Waals surface area contributed by atoms with Gasteiger partial charge in [0.2, 0.25) is 0 Å². The number of benzene rings is 2. The van der Waals surface area contributed by atoms with Crippen molar-refractivity contribution in [3.63, 3.8) is 0 Å². The molecule has 0 fully saturated rings. The van der Waals surface area contributed by atoms with E-state index in [1.807, 2.05) is 13.8 Å². The first kappa shape index (κ1) is 21.1. The Morgan fingerprint density at radius 2 is 1.81 bits per heavy atom. The molecule has 0 aliphatic heterocycles. The van der Waals surface area contributed by atoms with Crippen molar-refractivity contribution in [2.75, 3.05) is 7.11 Å². The van der Waals surface area contributed by atoms with Crippen molar-refractivity contribution in [1.82, 2.24) is 9.13 Å². The zero-order chi connectivity index (χ0) is 22.3. The fourth-order valence-corrected chi connectivity index (χ4v) is 4.78. The number of rotatable bonds is 5. The number of nitrogens with zero attached hydrogens (tertiary/aromatic N) is 2. The minimum atomic E-state index is -0.581. The molecule has 158 valence electrons. The minimum Gasteiger partial charge on any atom is -0.497 e. The van der Waals surface area contributed by atoms with Crippen LogP contribution in [0.25, 0.3) is 15.9 Å². The molecule has 31 heavy (non-hydrogen) atoms. The molecule has 0 spiro atoms. The Bertz CT molecular complexity index is 1430. The van der Waals surface area contributed by atoms with Crippen molar-refractivity contribution in [3.8, 4) is 11.4 Å². The van der Waals surface area contributed by atoms with Gasteiger partial charge in [-0.3, -0.25) is 14.2 Å². The quantitative estimate of drug-likeness (QED) is 0.420. The molecule has 0 unspecified atom stereocenters. The summed E-state index contributed by atoms with van der Waals surface area (Å²) in [6.45, 7) is 3.54. The summed E-state index contributed by atoms with van der Waals surface area (Å²) in [5, 5.41) is 0.840. The van der Waals surface area contributed by atoms with Crippen LogP contribution >= 0.6 is 22.9 Å². The number of carbonyl (C=O) groups excluding carboxylic acids is 1. The summed E-state index contributed by atoms with van der Waals surface area (Å²) in [7, 11) is 1.55. The lowest BCUT2D eigenvalue weighted by molar-refractivity contribution is 0.0971. The second-order valence-corrected chi connectivity index (χ2v) is 8.74. The van der Waals surface area contributed by atoms with Gasteiger partial charge in [0.15, 0.2) is 5.78 Å². The molecule has 8 heteroatoms. The number of thiophene rings is 1. The summed E-state index contributed by atoms with van der Waals surface area (Å²) < 4.78 is 7.58. The van der Waals surface area contributed by atoms with E-state index in [2.05, 4.69) is 0 Å². The van der Waals surface area contributed by atoms with Gasteiger partial charge in [-0.05, 0) is 61.9 Å². The maximum Gasteiger partial charge on any atom is 0.337 e. The molecule has 0 bridgehead atoms. The topological polar surface area (TPSA) is 70.3 Å². The number of ketones is 1. The van der Waals surface area contributed by atoms with E-state index < -0.39 is 11.2 Å². The molecule has 0 amide bonds. The zero-order valence-corrected chi connectivity index (χ0v) is 18.7. The molecular formula is C23H19ClN2O4S. The van der Waals surface area contributed by atoms with Crippen LogP contribution in [0.2, 0.25) is 5.02 Å². The molecule has 0 atom stereocenters. The van der Waals surface area contributed by atoms with Crippen LogP contribution in [0.4, 0.5) is 0 Å². The molecule has 0 aliphatic carbocycles. The highest BCUT2D eigenvalue weighted by molar-refractivity contribution is 7.18. The van der Waals surface area contributed by atoms with Crippen LogP contribution in [0.1, 0.15) is 20.8 Å². The fourth-order valence-electron chi connectivity index (χ4n) is 3.45. The Labute approximate surface area is 186 Å². The number of aryl methyl sites for hydroxylation is 2. The Balaban J connectivity index is 1.93. The Morgan fingerprint density at radius 3 is 2.45 bits per heavy atom. The second kappa shape index (κ2) is 8.17. The molecule has 2 aromatic heterocycles. The van der Waals surface area contributed by atoms with E-state index in [1.54, 1.807) is 55.6 Å². The van der Waals surface area contributed by atoms with E-state index in [0.29, 0.717) is 32.2 Å². The van der Waals surface area contributed by atoms with Crippen molar-refractivity contribution < 1.29 is 9.53 Å². The number of halogens is 1. The Morgan fingerprint density at radius 1 is 1.10 bits per heavy atom. The summed E-state index contributed by atoms with van der Waals surface area (Å²) >= 11 is 7.43. The lowest BCUT2D eigenvalue weighted by Crippen LogP contribution is -2.39.